The van der Waals surface area contributed by atoms with Crippen LogP contribution in [0.5, 0.6) is 11.5 Å². The molecular weight excluding hydrogens is 264 g/mol. The maximum atomic E-state index is 9.69. The summed E-state index contributed by atoms with van der Waals surface area (Å²) in [5.74, 6) is 6.94. The van der Waals surface area contributed by atoms with Crippen molar-refractivity contribution in [2.75, 3.05) is 12.1 Å². The van der Waals surface area contributed by atoms with Gasteiger partial charge in [-0.1, -0.05) is 12.1 Å². The Morgan fingerprint density at radius 1 is 1.10 bits per heavy atom. The van der Waals surface area contributed by atoms with Crippen molar-refractivity contribution >= 4 is 5.69 Å². The summed E-state index contributed by atoms with van der Waals surface area (Å²) >= 11 is 0. The summed E-state index contributed by atoms with van der Waals surface area (Å²) in [6.45, 7) is 6.26. The van der Waals surface area contributed by atoms with E-state index < -0.39 is 0 Å². The second-order valence-electron chi connectivity index (χ2n) is 5.38. The van der Waals surface area contributed by atoms with Crippen LogP contribution < -0.4 is 15.6 Å². The van der Waals surface area contributed by atoms with E-state index in [0.717, 1.165) is 33.7 Å². The van der Waals surface area contributed by atoms with Crippen molar-refractivity contribution in [2.24, 2.45) is 5.84 Å². The van der Waals surface area contributed by atoms with Gasteiger partial charge >= 0.3 is 0 Å². The van der Waals surface area contributed by atoms with Crippen LogP contribution in [0.1, 0.15) is 22.3 Å². The first-order valence-corrected chi connectivity index (χ1v) is 6.90. The van der Waals surface area contributed by atoms with E-state index in [4.69, 9.17) is 10.6 Å². The van der Waals surface area contributed by atoms with Crippen LogP contribution in [0.2, 0.25) is 0 Å². The quantitative estimate of drug-likeness (QED) is 0.669. The van der Waals surface area contributed by atoms with Gasteiger partial charge in [-0.3, -0.25) is 0 Å². The normalized spacial score (nSPS) is 10.5. The molecule has 112 valence electrons. The van der Waals surface area contributed by atoms with Crippen molar-refractivity contribution in [3.05, 3.63) is 52.6 Å². The lowest BCUT2D eigenvalue weighted by Crippen LogP contribution is -2.26. The van der Waals surface area contributed by atoms with E-state index in [1.165, 1.54) is 0 Å². The summed E-state index contributed by atoms with van der Waals surface area (Å²) in [6.07, 6.45) is 0. The Morgan fingerprint density at radius 2 is 1.81 bits per heavy atom. The molecule has 0 saturated carbocycles. The number of ether oxygens (including phenoxy) is 1. The average Bonchev–Trinajstić information content (AvgIpc) is 2.42. The summed E-state index contributed by atoms with van der Waals surface area (Å²) in [4.78, 5) is 0. The van der Waals surface area contributed by atoms with Crippen molar-refractivity contribution in [1.29, 1.82) is 0 Å². The number of benzene rings is 2. The predicted octanol–water partition coefficient (Wildman–Crippen LogP) is 3.21. The molecule has 21 heavy (non-hydrogen) atoms. The van der Waals surface area contributed by atoms with E-state index in [2.05, 4.69) is 0 Å². The van der Waals surface area contributed by atoms with Crippen LogP contribution in [0.25, 0.3) is 0 Å². The summed E-state index contributed by atoms with van der Waals surface area (Å²) in [7, 11) is 1.81. The maximum absolute atomic E-state index is 9.69. The number of hydrazine groups is 1. The minimum atomic E-state index is 0.290. The first-order chi connectivity index (χ1) is 9.90. The monoisotopic (exact) mass is 286 g/mol. The number of hydrogen-bond acceptors (Lipinski definition) is 4. The zero-order valence-corrected chi connectivity index (χ0v) is 13.0. The number of rotatable bonds is 4. The molecule has 2 rings (SSSR count). The second-order valence-corrected chi connectivity index (χ2v) is 5.38. The molecule has 0 aliphatic rings. The van der Waals surface area contributed by atoms with Gasteiger partial charge < -0.3 is 14.9 Å². The Labute approximate surface area is 125 Å². The Morgan fingerprint density at radius 3 is 2.48 bits per heavy atom. The van der Waals surface area contributed by atoms with Crippen LogP contribution in [0, 0.1) is 20.8 Å². The number of hydrogen-bond donors (Lipinski definition) is 2. The number of anilines is 1. The molecule has 0 aromatic heterocycles. The molecule has 0 aliphatic carbocycles. The van der Waals surface area contributed by atoms with Crippen LogP contribution in [-0.2, 0) is 6.61 Å². The second kappa shape index (κ2) is 6.06. The van der Waals surface area contributed by atoms with Gasteiger partial charge in [-0.05, 0) is 55.7 Å². The number of nitrogens with two attached hydrogens (primary N) is 1. The Kier molecular flexibility index (Phi) is 4.38. The minimum absolute atomic E-state index is 0.290. The van der Waals surface area contributed by atoms with Gasteiger partial charge in [0, 0.05) is 12.6 Å². The third-order valence-corrected chi connectivity index (χ3v) is 3.63. The molecule has 0 heterocycles. The van der Waals surface area contributed by atoms with Gasteiger partial charge in [0.1, 0.15) is 18.1 Å². The fourth-order valence-corrected chi connectivity index (χ4v) is 2.28. The van der Waals surface area contributed by atoms with Crippen LogP contribution in [0.3, 0.4) is 0 Å². The summed E-state index contributed by atoms with van der Waals surface area (Å²) < 4.78 is 5.94. The van der Waals surface area contributed by atoms with Gasteiger partial charge in [-0.15, -0.1) is 0 Å². The van der Waals surface area contributed by atoms with Crippen LogP contribution in [0.15, 0.2) is 30.3 Å². The molecule has 0 radical (unpaired) electrons. The number of nitrogens with zero attached hydrogens (tertiary/aromatic N) is 1. The smallest absolute Gasteiger partial charge is 0.123 e. The molecule has 0 bridgehead atoms. The highest BCUT2D eigenvalue weighted by molar-refractivity contribution is 5.55. The fourth-order valence-electron chi connectivity index (χ4n) is 2.28. The number of aryl methyl sites for hydroxylation is 3. The highest BCUT2D eigenvalue weighted by Gasteiger charge is 2.10. The van der Waals surface area contributed by atoms with Crippen molar-refractivity contribution in [1.82, 2.24) is 0 Å². The number of aromatic hydroxyl groups is 1. The molecule has 0 saturated heterocycles. The van der Waals surface area contributed by atoms with Crippen molar-refractivity contribution < 1.29 is 9.84 Å². The fraction of sp³-hybridized carbons (Fsp3) is 0.294. The topological polar surface area (TPSA) is 58.7 Å². The van der Waals surface area contributed by atoms with E-state index in [-0.39, 0.29) is 5.75 Å². The lowest BCUT2D eigenvalue weighted by molar-refractivity contribution is 0.302. The van der Waals surface area contributed by atoms with Gasteiger partial charge in [0.2, 0.25) is 0 Å². The molecule has 0 atom stereocenters. The lowest BCUT2D eigenvalue weighted by Gasteiger charge is -2.20. The molecule has 2 aromatic carbocycles. The first-order valence-electron chi connectivity index (χ1n) is 6.90. The van der Waals surface area contributed by atoms with Crippen LogP contribution in [0.4, 0.5) is 5.69 Å². The molecule has 0 amide bonds. The van der Waals surface area contributed by atoms with Gasteiger partial charge in [0.25, 0.3) is 0 Å². The van der Waals surface area contributed by atoms with E-state index in [9.17, 15) is 5.11 Å². The van der Waals surface area contributed by atoms with Crippen molar-refractivity contribution in [3.63, 3.8) is 0 Å². The number of phenolic OH excluding ortho intramolecular Hbond substituents is 1. The minimum Gasteiger partial charge on any atom is -0.508 e. The molecule has 4 heteroatoms. The molecule has 4 nitrogen and oxygen atoms in total. The molecule has 3 N–H and O–H groups in total. The molecular formula is C17H22N2O2. The largest absolute Gasteiger partial charge is 0.508 e. The van der Waals surface area contributed by atoms with E-state index in [1.54, 1.807) is 11.1 Å². The molecule has 2 aromatic rings. The third kappa shape index (κ3) is 3.28. The summed E-state index contributed by atoms with van der Waals surface area (Å²) in [5, 5.41) is 11.3. The third-order valence-electron chi connectivity index (χ3n) is 3.63. The SMILES string of the molecule is Cc1cc(OCc2c(C)cccc2N(C)N)c(C)cc1O. The molecule has 0 fully saturated rings. The van der Waals surface area contributed by atoms with Crippen LogP contribution >= 0.6 is 0 Å². The Balaban J connectivity index is 2.27. The highest BCUT2D eigenvalue weighted by Crippen LogP contribution is 2.29. The van der Waals surface area contributed by atoms with E-state index in [1.807, 2.05) is 52.1 Å². The summed E-state index contributed by atoms with van der Waals surface area (Å²) in [6, 6.07) is 9.57. The Hall–Kier alpha value is -2.20. The lowest BCUT2D eigenvalue weighted by atomic mass is 10.1. The first kappa shape index (κ1) is 15.2. The maximum Gasteiger partial charge on any atom is 0.123 e. The zero-order valence-electron chi connectivity index (χ0n) is 13.0. The highest BCUT2D eigenvalue weighted by atomic mass is 16.5. The molecule has 0 unspecified atom stereocenters. The standard InChI is InChI=1S/C17H22N2O2/c1-11-6-5-7-15(19(4)18)14(11)10-21-17-9-12(2)16(20)8-13(17)3/h5-9,20H,10,18H2,1-4H3. The Bertz CT molecular complexity index is 651. The van der Waals surface area contributed by atoms with Gasteiger partial charge in [-0.25, -0.2) is 5.84 Å². The van der Waals surface area contributed by atoms with Crippen molar-refractivity contribution in [2.45, 2.75) is 27.4 Å². The average molecular weight is 286 g/mol. The van der Waals surface area contributed by atoms with E-state index in [0.29, 0.717) is 6.61 Å². The zero-order chi connectivity index (χ0) is 15.6. The van der Waals surface area contributed by atoms with Gasteiger partial charge in [0.15, 0.2) is 0 Å². The van der Waals surface area contributed by atoms with Crippen molar-refractivity contribution in [3.8, 4) is 11.5 Å². The van der Waals surface area contributed by atoms with Gasteiger partial charge in [0.05, 0.1) is 5.69 Å². The van der Waals surface area contributed by atoms with E-state index >= 15 is 0 Å². The molecule has 0 spiro atoms. The predicted molar refractivity (Wildman–Crippen MR) is 85.7 cm³/mol. The summed E-state index contributed by atoms with van der Waals surface area (Å²) in [5.41, 5.74) is 4.86. The number of phenols is 1. The molecule has 0 aliphatic heterocycles. The van der Waals surface area contributed by atoms with Crippen LogP contribution in [-0.4, -0.2) is 12.2 Å². The van der Waals surface area contributed by atoms with Gasteiger partial charge in [-0.2, -0.15) is 0 Å².